The summed E-state index contributed by atoms with van der Waals surface area (Å²) in [6.45, 7) is 0.969. The molecule has 0 saturated heterocycles. The number of H-pyrrole nitrogens is 1. The number of alkyl halides is 3. The molecule has 7 heteroatoms. The van der Waals surface area contributed by atoms with Crippen molar-refractivity contribution >= 4 is 11.0 Å². The van der Waals surface area contributed by atoms with Gasteiger partial charge in [-0.25, -0.2) is 4.98 Å². The van der Waals surface area contributed by atoms with Crippen LogP contribution < -0.4 is 5.73 Å². The molecule has 4 nitrogen and oxygen atoms in total. The minimum atomic E-state index is -4.35. The van der Waals surface area contributed by atoms with Gasteiger partial charge in [0.05, 0.1) is 23.2 Å². The number of hydrogen-bond donors (Lipinski definition) is 2. The first kappa shape index (κ1) is 12.8. The molecule has 0 fully saturated rings. The highest BCUT2D eigenvalue weighted by Gasteiger charge is 2.30. The average molecular weight is 259 g/mol. The van der Waals surface area contributed by atoms with Crippen LogP contribution in [0.2, 0.25) is 0 Å². The molecule has 1 heterocycles. The number of benzene rings is 1. The Morgan fingerprint density at radius 3 is 2.78 bits per heavy atom. The van der Waals surface area contributed by atoms with E-state index >= 15 is 0 Å². The normalized spacial score (nSPS) is 12.2. The summed E-state index contributed by atoms with van der Waals surface area (Å²) in [5.74, 6) is 0.484. The zero-order chi connectivity index (χ0) is 13.2. The van der Waals surface area contributed by atoms with Crippen LogP contribution in [0.15, 0.2) is 18.2 Å². The number of ether oxygens (including phenoxy) is 1. The van der Waals surface area contributed by atoms with Gasteiger partial charge in [0.15, 0.2) is 0 Å². The molecule has 18 heavy (non-hydrogen) atoms. The maximum absolute atomic E-state index is 12.5. The Balaban J connectivity index is 2.23. The maximum atomic E-state index is 12.5. The number of hydrogen-bond acceptors (Lipinski definition) is 3. The molecule has 0 bridgehead atoms. The highest BCUT2D eigenvalue weighted by molar-refractivity contribution is 5.76. The number of nitrogens with two attached hydrogens (primary N) is 1. The van der Waals surface area contributed by atoms with Crippen LogP contribution in [0.4, 0.5) is 13.2 Å². The molecule has 0 spiro atoms. The smallest absolute Gasteiger partial charge is 0.372 e. The topological polar surface area (TPSA) is 63.9 Å². The first-order valence-electron chi connectivity index (χ1n) is 5.34. The first-order chi connectivity index (χ1) is 8.50. The third kappa shape index (κ3) is 2.80. The van der Waals surface area contributed by atoms with Gasteiger partial charge in [-0.1, -0.05) is 0 Å². The number of rotatable bonds is 4. The van der Waals surface area contributed by atoms with Gasteiger partial charge in [0.2, 0.25) is 0 Å². The molecule has 0 saturated carbocycles. The molecule has 0 unspecified atom stereocenters. The molecule has 0 atom stereocenters. The molecule has 0 aliphatic rings. The molecule has 2 aromatic rings. The number of nitrogens with one attached hydrogen (secondary N) is 1. The van der Waals surface area contributed by atoms with E-state index in [1.54, 1.807) is 0 Å². The highest BCUT2D eigenvalue weighted by atomic mass is 19.4. The van der Waals surface area contributed by atoms with Crippen molar-refractivity contribution in [2.45, 2.75) is 12.8 Å². The quantitative estimate of drug-likeness (QED) is 0.826. The predicted octanol–water partition coefficient (Wildman–Crippen LogP) is 2.06. The number of fused-ring (bicyclic) bond motifs is 1. The number of aromatic nitrogens is 2. The van der Waals surface area contributed by atoms with Crippen molar-refractivity contribution in [3.8, 4) is 0 Å². The van der Waals surface area contributed by atoms with E-state index in [2.05, 4.69) is 9.97 Å². The standard InChI is InChI=1S/C11H12F3N3O/c12-11(13,14)7-1-2-8-9(5-7)17-10(16-8)6-18-4-3-15/h1-2,5H,3-4,6,15H2,(H,16,17). The fourth-order valence-corrected chi connectivity index (χ4v) is 1.56. The minimum Gasteiger partial charge on any atom is -0.372 e. The Morgan fingerprint density at radius 1 is 1.33 bits per heavy atom. The van der Waals surface area contributed by atoms with Crippen molar-refractivity contribution in [3.63, 3.8) is 0 Å². The van der Waals surface area contributed by atoms with E-state index in [4.69, 9.17) is 10.5 Å². The third-order valence-corrected chi connectivity index (χ3v) is 2.36. The summed E-state index contributed by atoms with van der Waals surface area (Å²) < 4.78 is 42.6. The lowest BCUT2D eigenvalue weighted by Gasteiger charge is -2.05. The maximum Gasteiger partial charge on any atom is 0.416 e. The molecular weight excluding hydrogens is 247 g/mol. The van der Waals surface area contributed by atoms with E-state index < -0.39 is 11.7 Å². The summed E-state index contributed by atoms with van der Waals surface area (Å²) in [6.07, 6.45) is -4.35. The number of halogens is 3. The largest absolute Gasteiger partial charge is 0.416 e. The van der Waals surface area contributed by atoms with Crippen LogP contribution in [-0.2, 0) is 17.5 Å². The average Bonchev–Trinajstić information content (AvgIpc) is 2.69. The third-order valence-electron chi connectivity index (χ3n) is 2.36. The second-order valence-corrected chi connectivity index (χ2v) is 3.75. The van der Waals surface area contributed by atoms with E-state index in [1.165, 1.54) is 6.07 Å². The van der Waals surface area contributed by atoms with Crippen LogP contribution in [0.25, 0.3) is 11.0 Å². The van der Waals surface area contributed by atoms with E-state index in [0.717, 1.165) is 12.1 Å². The van der Waals surface area contributed by atoms with Crippen molar-refractivity contribution < 1.29 is 17.9 Å². The van der Waals surface area contributed by atoms with E-state index in [9.17, 15) is 13.2 Å². The summed E-state index contributed by atoms with van der Waals surface area (Å²) >= 11 is 0. The molecule has 1 aromatic heterocycles. The molecule has 0 aliphatic heterocycles. The SMILES string of the molecule is NCCOCc1nc2ccc(C(F)(F)F)cc2[nH]1. The van der Waals surface area contributed by atoms with Gasteiger partial charge >= 0.3 is 6.18 Å². The summed E-state index contributed by atoms with van der Waals surface area (Å²) in [6, 6.07) is 3.38. The Bertz CT molecular complexity index is 536. The second kappa shape index (κ2) is 4.95. The highest BCUT2D eigenvalue weighted by Crippen LogP contribution is 2.30. The van der Waals surface area contributed by atoms with E-state index in [-0.39, 0.29) is 6.61 Å². The molecular formula is C11H12F3N3O. The van der Waals surface area contributed by atoms with Gasteiger partial charge in [0.25, 0.3) is 0 Å². The van der Waals surface area contributed by atoms with Crippen LogP contribution in [0.5, 0.6) is 0 Å². The van der Waals surface area contributed by atoms with Crippen molar-refractivity contribution in [3.05, 3.63) is 29.6 Å². The molecule has 0 aliphatic carbocycles. The predicted molar refractivity (Wildman–Crippen MR) is 59.8 cm³/mol. The lowest BCUT2D eigenvalue weighted by molar-refractivity contribution is -0.137. The summed E-state index contributed by atoms with van der Waals surface area (Å²) in [4.78, 5) is 6.91. The van der Waals surface area contributed by atoms with Gasteiger partial charge < -0.3 is 15.5 Å². The van der Waals surface area contributed by atoms with Crippen molar-refractivity contribution in [2.24, 2.45) is 5.73 Å². The Kier molecular flexibility index (Phi) is 3.53. The molecule has 2 rings (SSSR count). The van der Waals surface area contributed by atoms with Crippen molar-refractivity contribution in [1.29, 1.82) is 0 Å². The summed E-state index contributed by atoms with van der Waals surface area (Å²) in [7, 11) is 0. The molecule has 1 aromatic carbocycles. The van der Waals surface area contributed by atoms with Crippen LogP contribution in [0, 0.1) is 0 Å². The van der Waals surface area contributed by atoms with Gasteiger partial charge in [0, 0.05) is 6.54 Å². The first-order valence-corrected chi connectivity index (χ1v) is 5.34. The Labute approximate surface area is 101 Å². The fraction of sp³-hybridized carbons (Fsp3) is 0.364. The number of aromatic amines is 1. The second-order valence-electron chi connectivity index (χ2n) is 3.75. The van der Waals surface area contributed by atoms with Crippen molar-refractivity contribution in [1.82, 2.24) is 9.97 Å². The van der Waals surface area contributed by atoms with Gasteiger partial charge in [-0.3, -0.25) is 0 Å². The van der Waals surface area contributed by atoms with Gasteiger partial charge in [-0.05, 0) is 18.2 Å². The van der Waals surface area contributed by atoms with Crippen LogP contribution >= 0.6 is 0 Å². The van der Waals surface area contributed by atoms with Gasteiger partial charge in [0.1, 0.15) is 12.4 Å². The van der Waals surface area contributed by atoms with Crippen molar-refractivity contribution in [2.75, 3.05) is 13.2 Å². The van der Waals surface area contributed by atoms with Crippen LogP contribution in [0.3, 0.4) is 0 Å². The van der Waals surface area contributed by atoms with Gasteiger partial charge in [-0.2, -0.15) is 13.2 Å². The summed E-state index contributed by atoms with van der Waals surface area (Å²) in [5.41, 5.74) is 5.38. The molecule has 0 radical (unpaired) electrons. The zero-order valence-corrected chi connectivity index (χ0v) is 9.42. The van der Waals surface area contributed by atoms with Crippen LogP contribution in [0.1, 0.15) is 11.4 Å². The zero-order valence-electron chi connectivity index (χ0n) is 9.42. The minimum absolute atomic E-state index is 0.202. The molecule has 98 valence electrons. The molecule has 3 N–H and O–H groups in total. The van der Waals surface area contributed by atoms with E-state index in [1.807, 2.05) is 0 Å². The Morgan fingerprint density at radius 2 is 2.11 bits per heavy atom. The fourth-order valence-electron chi connectivity index (χ4n) is 1.56. The lowest BCUT2D eigenvalue weighted by atomic mass is 10.2. The van der Waals surface area contributed by atoms with Gasteiger partial charge in [-0.15, -0.1) is 0 Å². The number of imidazole rings is 1. The summed E-state index contributed by atoms with van der Waals surface area (Å²) in [5, 5.41) is 0. The van der Waals surface area contributed by atoms with E-state index in [0.29, 0.717) is 30.0 Å². The van der Waals surface area contributed by atoms with Crippen LogP contribution in [-0.4, -0.2) is 23.1 Å². The molecule has 0 amide bonds. The number of nitrogens with zero attached hydrogens (tertiary/aromatic N) is 1. The monoisotopic (exact) mass is 259 g/mol. The Hall–Kier alpha value is -1.60. The lowest BCUT2D eigenvalue weighted by Crippen LogP contribution is -2.08.